The van der Waals surface area contributed by atoms with Crippen LogP contribution in [0.4, 0.5) is 0 Å². The summed E-state index contributed by atoms with van der Waals surface area (Å²) in [4.78, 5) is 0. The molecule has 1 aromatic rings. The van der Waals surface area contributed by atoms with Gasteiger partial charge in [-0.25, -0.2) is 0 Å². The van der Waals surface area contributed by atoms with Crippen molar-refractivity contribution in [3.63, 3.8) is 0 Å². The maximum Gasteiger partial charge on any atom is 0.0170 e. The zero-order valence-electron chi connectivity index (χ0n) is 8.82. The van der Waals surface area contributed by atoms with Gasteiger partial charge in [-0.05, 0) is 51.6 Å². The molecular formula is C12H17I. The van der Waals surface area contributed by atoms with Crippen LogP contribution in [0.2, 0.25) is 0 Å². The summed E-state index contributed by atoms with van der Waals surface area (Å²) in [5, 5.41) is 0. The van der Waals surface area contributed by atoms with Crippen molar-refractivity contribution in [2.24, 2.45) is 0 Å². The first-order valence-corrected chi connectivity index (χ1v) is 5.82. The molecule has 0 aromatic heterocycles. The summed E-state index contributed by atoms with van der Waals surface area (Å²) in [6.45, 7) is 9.07. The van der Waals surface area contributed by atoms with Crippen LogP contribution >= 0.6 is 22.6 Å². The van der Waals surface area contributed by atoms with Crippen LogP contribution < -0.4 is 0 Å². The first-order valence-electron chi connectivity index (χ1n) is 4.74. The molecule has 0 atom stereocenters. The fourth-order valence-corrected chi connectivity index (χ4v) is 3.07. The molecule has 0 saturated heterocycles. The maximum atomic E-state index is 2.43. The molecule has 0 heterocycles. The van der Waals surface area contributed by atoms with Crippen molar-refractivity contribution in [2.45, 2.75) is 39.5 Å². The van der Waals surface area contributed by atoms with Gasteiger partial charge in [-0.1, -0.05) is 39.8 Å². The Balaban J connectivity index is 3.32. The molecule has 0 aliphatic heterocycles. The highest BCUT2D eigenvalue weighted by atomic mass is 127. The molecule has 1 heteroatoms. The molecule has 1 rings (SSSR count). The van der Waals surface area contributed by atoms with Gasteiger partial charge in [0.15, 0.2) is 0 Å². The van der Waals surface area contributed by atoms with Gasteiger partial charge in [-0.15, -0.1) is 0 Å². The molecule has 0 bridgehead atoms. The van der Waals surface area contributed by atoms with Gasteiger partial charge < -0.3 is 0 Å². The summed E-state index contributed by atoms with van der Waals surface area (Å²) in [5.41, 5.74) is 3.26. The van der Waals surface area contributed by atoms with Gasteiger partial charge in [0.05, 0.1) is 0 Å². The highest BCUT2D eigenvalue weighted by Gasteiger charge is 2.19. The van der Waals surface area contributed by atoms with Gasteiger partial charge in [-0.3, -0.25) is 0 Å². The highest BCUT2D eigenvalue weighted by Crippen LogP contribution is 2.30. The highest BCUT2D eigenvalue weighted by molar-refractivity contribution is 14.1. The molecule has 0 amide bonds. The van der Waals surface area contributed by atoms with E-state index in [1.165, 1.54) is 14.7 Å². The lowest BCUT2D eigenvalue weighted by Crippen LogP contribution is -2.16. The Morgan fingerprint density at radius 3 is 2.23 bits per heavy atom. The Hall–Kier alpha value is -0.0500. The average Bonchev–Trinajstić information content (AvgIpc) is 2.01. The lowest BCUT2D eigenvalue weighted by atomic mass is 9.83. The van der Waals surface area contributed by atoms with Crippen molar-refractivity contribution < 1.29 is 0 Å². The average molecular weight is 288 g/mol. The molecule has 0 unspecified atom stereocenters. The summed E-state index contributed by atoms with van der Waals surface area (Å²) >= 11 is 2.43. The number of rotatable bonds is 1. The monoisotopic (exact) mass is 288 g/mol. The molecule has 0 aliphatic carbocycles. The van der Waals surface area contributed by atoms with Crippen molar-refractivity contribution in [1.82, 2.24) is 0 Å². The minimum Gasteiger partial charge on any atom is -0.0613 e. The van der Waals surface area contributed by atoms with E-state index in [1.54, 1.807) is 0 Å². The SMILES string of the molecule is CCc1cccc(I)c1C(C)(C)C. The van der Waals surface area contributed by atoms with E-state index in [1.807, 2.05) is 0 Å². The largest absolute Gasteiger partial charge is 0.0613 e. The minimum atomic E-state index is 0.267. The van der Waals surface area contributed by atoms with E-state index in [2.05, 4.69) is 68.5 Å². The normalized spacial score (nSPS) is 11.8. The smallest absolute Gasteiger partial charge is 0.0170 e. The van der Waals surface area contributed by atoms with Gasteiger partial charge in [0.1, 0.15) is 0 Å². The lowest BCUT2D eigenvalue weighted by molar-refractivity contribution is 0.579. The van der Waals surface area contributed by atoms with E-state index >= 15 is 0 Å². The van der Waals surface area contributed by atoms with Crippen LogP contribution in [-0.2, 0) is 11.8 Å². The van der Waals surface area contributed by atoms with Crippen molar-refractivity contribution in [2.75, 3.05) is 0 Å². The number of halogens is 1. The lowest BCUT2D eigenvalue weighted by Gasteiger charge is -2.24. The summed E-state index contributed by atoms with van der Waals surface area (Å²) in [6.07, 6.45) is 1.13. The quantitative estimate of drug-likeness (QED) is 0.681. The summed E-state index contributed by atoms with van der Waals surface area (Å²) < 4.78 is 1.39. The number of hydrogen-bond donors (Lipinski definition) is 0. The molecule has 0 saturated carbocycles. The first-order chi connectivity index (χ1) is 5.96. The van der Waals surface area contributed by atoms with E-state index in [9.17, 15) is 0 Å². The molecular weight excluding hydrogens is 271 g/mol. The fraction of sp³-hybridized carbons (Fsp3) is 0.500. The minimum absolute atomic E-state index is 0.267. The third-order valence-electron chi connectivity index (χ3n) is 2.23. The van der Waals surface area contributed by atoms with E-state index in [-0.39, 0.29) is 5.41 Å². The third kappa shape index (κ3) is 2.46. The fourth-order valence-electron chi connectivity index (χ4n) is 1.70. The van der Waals surface area contributed by atoms with Crippen LogP contribution in [0, 0.1) is 3.57 Å². The van der Waals surface area contributed by atoms with Crippen LogP contribution in [0.15, 0.2) is 18.2 Å². The zero-order chi connectivity index (χ0) is 10.1. The van der Waals surface area contributed by atoms with Crippen LogP contribution in [0.3, 0.4) is 0 Å². The molecule has 0 aliphatic rings. The van der Waals surface area contributed by atoms with Crippen LogP contribution in [0.25, 0.3) is 0 Å². The van der Waals surface area contributed by atoms with Gasteiger partial charge in [0, 0.05) is 3.57 Å². The van der Waals surface area contributed by atoms with Crippen LogP contribution in [-0.4, -0.2) is 0 Å². The number of benzene rings is 1. The second-order valence-electron chi connectivity index (χ2n) is 4.38. The Labute approximate surface area is 94.9 Å². The predicted octanol–water partition coefficient (Wildman–Crippen LogP) is 4.15. The molecule has 0 spiro atoms. The molecule has 13 heavy (non-hydrogen) atoms. The summed E-state index contributed by atoms with van der Waals surface area (Å²) in [7, 11) is 0. The summed E-state index contributed by atoms with van der Waals surface area (Å²) in [6, 6.07) is 6.58. The topological polar surface area (TPSA) is 0 Å². The summed E-state index contributed by atoms with van der Waals surface area (Å²) in [5.74, 6) is 0. The van der Waals surface area contributed by atoms with Gasteiger partial charge in [0.2, 0.25) is 0 Å². The van der Waals surface area contributed by atoms with Gasteiger partial charge in [-0.2, -0.15) is 0 Å². The second-order valence-corrected chi connectivity index (χ2v) is 5.54. The Bertz CT molecular complexity index is 294. The molecule has 0 nitrogen and oxygen atoms in total. The van der Waals surface area contributed by atoms with Crippen molar-refractivity contribution >= 4 is 22.6 Å². The number of hydrogen-bond acceptors (Lipinski definition) is 0. The van der Waals surface area contributed by atoms with Crippen molar-refractivity contribution in [1.29, 1.82) is 0 Å². The third-order valence-corrected chi connectivity index (χ3v) is 3.13. The zero-order valence-corrected chi connectivity index (χ0v) is 11.0. The first kappa shape index (κ1) is 11.0. The van der Waals surface area contributed by atoms with Crippen LogP contribution in [0.5, 0.6) is 0 Å². The Morgan fingerprint density at radius 2 is 1.85 bits per heavy atom. The van der Waals surface area contributed by atoms with Crippen molar-refractivity contribution in [3.05, 3.63) is 32.9 Å². The van der Waals surface area contributed by atoms with E-state index < -0.39 is 0 Å². The van der Waals surface area contributed by atoms with E-state index in [0.29, 0.717) is 0 Å². The van der Waals surface area contributed by atoms with E-state index in [4.69, 9.17) is 0 Å². The molecule has 0 N–H and O–H groups in total. The van der Waals surface area contributed by atoms with Crippen molar-refractivity contribution in [3.8, 4) is 0 Å². The van der Waals surface area contributed by atoms with Gasteiger partial charge in [0.25, 0.3) is 0 Å². The van der Waals surface area contributed by atoms with Gasteiger partial charge >= 0.3 is 0 Å². The van der Waals surface area contributed by atoms with E-state index in [0.717, 1.165) is 6.42 Å². The molecule has 1 aromatic carbocycles. The molecule has 0 fully saturated rings. The Morgan fingerprint density at radius 1 is 1.23 bits per heavy atom. The second kappa shape index (κ2) is 3.99. The Kier molecular flexibility index (Phi) is 3.38. The molecule has 0 radical (unpaired) electrons. The molecule has 72 valence electrons. The standard InChI is InChI=1S/C12H17I/c1-5-9-7-6-8-10(13)11(9)12(2,3)4/h6-8H,5H2,1-4H3. The van der Waals surface area contributed by atoms with Crippen LogP contribution in [0.1, 0.15) is 38.8 Å². The predicted molar refractivity (Wildman–Crippen MR) is 67.2 cm³/mol. The number of aryl methyl sites for hydroxylation is 1. The maximum absolute atomic E-state index is 2.43.